The molecule has 0 atom stereocenters. The number of H-pyrrole nitrogens is 1. The van der Waals surface area contributed by atoms with Gasteiger partial charge in [-0.05, 0) is 12.3 Å². The van der Waals surface area contributed by atoms with Gasteiger partial charge in [-0.15, -0.1) is 0 Å². The Morgan fingerprint density at radius 2 is 2.18 bits per heavy atom. The molecule has 17 heavy (non-hydrogen) atoms. The van der Waals surface area contributed by atoms with Crippen LogP contribution in [0.5, 0.6) is 0 Å². The molecule has 1 heterocycles. The second kappa shape index (κ2) is 6.23. The van der Waals surface area contributed by atoms with Gasteiger partial charge >= 0.3 is 0 Å². The quantitative estimate of drug-likeness (QED) is 0.825. The molecule has 4 nitrogen and oxygen atoms in total. The van der Waals surface area contributed by atoms with Crippen LogP contribution in [0.4, 0.5) is 5.69 Å². The summed E-state index contributed by atoms with van der Waals surface area (Å²) < 4.78 is 0. The lowest BCUT2D eigenvalue weighted by molar-refractivity contribution is 0.775. The van der Waals surface area contributed by atoms with Crippen LogP contribution in [-0.4, -0.2) is 17.2 Å². The van der Waals surface area contributed by atoms with Crippen molar-refractivity contribution in [3.05, 3.63) is 27.7 Å². The van der Waals surface area contributed by atoms with E-state index >= 15 is 0 Å². The van der Waals surface area contributed by atoms with Crippen LogP contribution in [0.3, 0.4) is 0 Å². The predicted octanol–water partition coefficient (Wildman–Crippen LogP) is 2.75. The highest BCUT2D eigenvalue weighted by molar-refractivity contribution is 5.67. The maximum absolute atomic E-state index is 11.7. The first-order valence-corrected chi connectivity index (χ1v) is 6.08. The molecule has 94 valence electrons. The summed E-state index contributed by atoms with van der Waals surface area (Å²) in [5, 5.41) is 9.62. The van der Waals surface area contributed by atoms with Crippen LogP contribution in [0.2, 0.25) is 0 Å². The molecule has 0 spiro atoms. The Bertz CT molecular complexity index is 446. The number of anilines is 1. The third-order valence-electron chi connectivity index (χ3n) is 2.59. The number of aromatic amines is 1. The van der Waals surface area contributed by atoms with Crippen LogP contribution in [0.15, 0.2) is 10.9 Å². The summed E-state index contributed by atoms with van der Waals surface area (Å²) in [7, 11) is 1.76. The number of unbranched alkanes of at least 4 members (excludes halogenated alkanes) is 1. The SMILES string of the molecule is CCC/C=C\c1c(C(C)C)n[nH]c(=O)c1NC. The van der Waals surface area contributed by atoms with Crippen molar-refractivity contribution in [2.45, 2.75) is 39.5 Å². The summed E-state index contributed by atoms with van der Waals surface area (Å²) in [6, 6.07) is 0. The van der Waals surface area contributed by atoms with Gasteiger partial charge in [-0.1, -0.05) is 39.3 Å². The van der Waals surface area contributed by atoms with Gasteiger partial charge in [-0.2, -0.15) is 5.10 Å². The Kier molecular flexibility index (Phi) is 4.94. The number of rotatable bonds is 5. The summed E-state index contributed by atoms with van der Waals surface area (Å²) in [5.41, 5.74) is 2.24. The second-order valence-electron chi connectivity index (χ2n) is 4.32. The van der Waals surface area contributed by atoms with Crippen molar-refractivity contribution in [2.24, 2.45) is 0 Å². The number of allylic oxidation sites excluding steroid dienone is 1. The summed E-state index contributed by atoms with van der Waals surface area (Å²) in [6.07, 6.45) is 6.18. The molecule has 0 amide bonds. The van der Waals surface area contributed by atoms with Gasteiger partial charge in [-0.25, -0.2) is 5.10 Å². The molecule has 0 bridgehead atoms. The van der Waals surface area contributed by atoms with E-state index in [-0.39, 0.29) is 11.5 Å². The van der Waals surface area contributed by atoms with Gasteiger partial charge in [0.1, 0.15) is 5.69 Å². The zero-order chi connectivity index (χ0) is 12.8. The van der Waals surface area contributed by atoms with Crippen LogP contribution in [0.25, 0.3) is 6.08 Å². The maximum atomic E-state index is 11.7. The van der Waals surface area contributed by atoms with Gasteiger partial charge in [0, 0.05) is 12.6 Å². The average molecular weight is 235 g/mol. The second-order valence-corrected chi connectivity index (χ2v) is 4.32. The van der Waals surface area contributed by atoms with E-state index in [0.29, 0.717) is 5.69 Å². The first-order chi connectivity index (χ1) is 8.11. The zero-order valence-electron chi connectivity index (χ0n) is 11.0. The highest BCUT2D eigenvalue weighted by Crippen LogP contribution is 2.22. The molecular formula is C13H21N3O. The number of hydrogen-bond donors (Lipinski definition) is 2. The summed E-state index contributed by atoms with van der Waals surface area (Å²) in [6.45, 7) is 6.26. The summed E-state index contributed by atoms with van der Waals surface area (Å²) in [4.78, 5) is 11.7. The molecule has 0 aliphatic heterocycles. The lowest BCUT2D eigenvalue weighted by atomic mass is 10.0. The van der Waals surface area contributed by atoms with Gasteiger partial charge in [0.15, 0.2) is 0 Å². The van der Waals surface area contributed by atoms with E-state index in [1.165, 1.54) is 0 Å². The highest BCUT2D eigenvalue weighted by atomic mass is 16.1. The molecule has 0 unspecified atom stereocenters. The number of nitrogens with zero attached hydrogens (tertiary/aromatic N) is 1. The van der Waals surface area contributed by atoms with Crippen LogP contribution < -0.4 is 10.9 Å². The minimum atomic E-state index is -0.173. The van der Waals surface area contributed by atoms with Crippen LogP contribution in [-0.2, 0) is 0 Å². The van der Waals surface area contributed by atoms with E-state index in [1.807, 2.05) is 6.08 Å². The van der Waals surface area contributed by atoms with E-state index in [4.69, 9.17) is 0 Å². The number of hydrogen-bond acceptors (Lipinski definition) is 3. The van der Waals surface area contributed by atoms with Crippen LogP contribution >= 0.6 is 0 Å². The normalized spacial score (nSPS) is 11.4. The largest absolute Gasteiger partial charge is 0.383 e. The number of nitrogens with one attached hydrogen (secondary N) is 2. The smallest absolute Gasteiger partial charge is 0.288 e. The first-order valence-electron chi connectivity index (χ1n) is 6.08. The first kappa shape index (κ1) is 13.5. The van der Waals surface area contributed by atoms with Crippen molar-refractivity contribution < 1.29 is 0 Å². The molecule has 2 N–H and O–H groups in total. The van der Waals surface area contributed by atoms with Crippen molar-refractivity contribution in [1.29, 1.82) is 0 Å². The average Bonchev–Trinajstić information content (AvgIpc) is 2.29. The van der Waals surface area contributed by atoms with Crippen molar-refractivity contribution in [1.82, 2.24) is 10.2 Å². The third-order valence-corrected chi connectivity index (χ3v) is 2.59. The third kappa shape index (κ3) is 3.19. The van der Waals surface area contributed by atoms with E-state index in [9.17, 15) is 4.79 Å². The number of aromatic nitrogens is 2. The molecule has 0 radical (unpaired) electrons. The molecule has 1 rings (SSSR count). The van der Waals surface area contributed by atoms with E-state index in [0.717, 1.165) is 24.1 Å². The van der Waals surface area contributed by atoms with Crippen molar-refractivity contribution in [3.8, 4) is 0 Å². The molecule has 1 aromatic rings. The Labute approximate surface area is 102 Å². The van der Waals surface area contributed by atoms with Crippen molar-refractivity contribution in [2.75, 3.05) is 12.4 Å². The Hall–Kier alpha value is -1.58. The molecule has 0 fully saturated rings. The highest BCUT2D eigenvalue weighted by Gasteiger charge is 2.13. The van der Waals surface area contributed by atoms with Gasteiger partial charge in [-0.3, -0.25) is 4.79 Å². The standard InChI is InChI=1S/C13H21N3O/c1-5-6-7-8-10-11(9(2)3)15-16-13(17)12(10)14-4/h7-9H,5-6H2,1-4H3,(H,14,15)(H,16,17)/b8-7-. The fourth-order valence-electron chi connectivity index (χ4n) is 1.70. The Morgan fingerprint density at radius 1 is 1.47 bits per heavy atom. The fraction of sp³-hybridized carbons (Fsp3) is 0.538. The Morgan fingerprint density at radius 3 is 2.71 bits per heavy atom. The lowest BCUT2D eigenvalue weighted by Crippen LogP contribution is -2.18. The van der Waals surface area contributed by atoms with E-state index < -0.39 is 0 Å². The van der Waals surface area contributed by atoms with Crippen LogP contribution in [0, 0.1) is 0 Å². The topological polar surface area (TPSA) is 57.8 Å². The molecular weight excluding hydrogens is 214 g/mol. The summed E-state index contributed by atoms with van der Waals surface area (Å²) in [5.74, 6) is 0.278. The molecule has 0 aromatic carbocycles. The van der Waals surface area contributed by atoms with Crippen molar-refractivity contribution >= 4 is 11.8 Å². The monoisotopic (exact) mass is 235 g/mol. The Balaban J connectivity index is 3.29. The molecule has 0 aliphatic carbocycles. The molecule has 0 saturated heterocycles. The van der Waals surface area contributed by atoms with Gasteiger partial charge in [0.2, 0.25) is 0 Å². The minimum absolute atomic E-state index is 0.173. The molecule has 4 heteroatoms. The fourth-order valence-corrected chi connectivity index (χ4v) is 1.70. The van der Waals surface area contributed by atoms with E-state index in [2.05, 4.69) is 42.4 Å². The van der Waals surface area contributed by atoms with Crippen LogP contribution in [0.1, 0.15) is 50.8 Å². The zero-order valence-corrected chi connectivity index (χ0v) is 11.0. The van der Waals surface area contributed by atoms with Gasteiger partial charge in [0.25, 0.3) is 5.56 Å². The molecule has 0 aliphatic rings. The van der Waals surface area contributed by atoms with Crippen molar-refractivity contribution in [3.63, 3.8) is 0 Å². The lowest BCUT2D eigenvalue weighted by Gasteiger charge is -2.11. The summed E-state index contributed by atoms with van der Waals surface area (Å²) >= 11 is 0. The van der Waals surface area contributed by atoms with E-state index in [1.54, 1.807) is 7.05 Å². The van der Waals surface area contributed by atoms with Gasteiger partial charge in [0.05, 0.1) is 5.69 Å². The predicted molar refractivity (Wildman–Crippen MR) is 72.4 cm³/mol. The van der Waals surface area contributed by atoms with Gasteiger partial charge < -0.3 is 5.32 Å². The maximum Gasteiger partial charge on any atom is 0.288 e. The molecule has 0 saturated carbocycles. The minimum Gasteiger partial charge on any atom is -0.383 e. The molecule has 1 aromatic heterocycles.